The van der Waals surface area contributed by atoms with E-state index in [0.717, 1.165) is 37.7 Å². The Morgan fingerprint density at radius 3 is 2.22 bits per heavy atom. The first-order chi connectivity index (χ1) is 17.3. The van der Waals surface area contributed by atoms with Gasteiger partial charge in [-0.1, -0.05) is 6.42 Å². The highest BCUT2D eigenvalue weighted by atomic mass is 19.2. The summed E-state index contributed by atoms with van der Waals surface area (Å²) in [6.07, 6.45) is 4.37. The molecule has 2 aromatic rings. The van der Waals surface area contributed by atoms with Gasteiger partial charge in [0.15, 0.2) is 17.5 Å². The van der Waals surface area contributed by atoms with Crippen molar-refractivity contribution in [1.29, 1.82) is 0 Å². The Labute approximate surface area is 209 Å². The van der Waals surface area contributed by atoms with Crippen molar-refractivity contribution in [2.75, 3.05) is 44.7 Å². The smallest absolute Gasteiger partial charge is 0.254 e. The first kappa shape index (κ1) is 26.0. The first-order valence-electron chi connectivity index (χ1n) is 12.4. The van der Waals surface area contributed by atoms with Crippen molar-refractivity contribution in [3.05, 3.63) is 58.9 Å². The molecule has 2 heterocycles. The molecule has 2 aliphatic heterocycles. The van der Waals surface area contributed by atoms with E-state index in [9.17, 15) is 22.8 Å². The van der Waals surface area contributed by atoms with Gasteiger partial charge in [0.05, 0.1) is 13.7 Å². The van der Waals surface area contributed by atoms with E-state index < -0.39 is 23.4 Å². The third-order valence-electron chi connectivity index (χ3n) is 7.18. The van der Waals surface area contributed by atoms with Gasteiger partial charge in [-0.2, -0.15) is 0 Å². The molecule has 0 radical (unpaired) electrons. The van der Waals surface area contributed by atoms with Crippen LogP contribution in [0, 0.1) is 24.4 Å². The van der Waals surface area contributed by atoms with Gasteiger partial charge in [0.1, 0.15) is 5.75 Å². The second kappa shape index (κ2) is 11.3. The van der Waals surface area contributed by atoms with E-state index in [1.807, 2.05) is 29.2 Å². The Hall–Kier alpha value is -3.07. The summed E-state index contributed by atoms with van der Waals surface area (Å²) in [7, 11) is 1.58. The molecule has 0 aliphatic carbocycles. The molecule has 0 N–H and O–H groups in total. The molecular formula is C27H32F3N3O3. The minimum absolute atomic E-state index is 0.00497. The summed E-state index contributed by atoms with van der Waals surface area (Å²) in [4.78, 5) is 32.0. The first-order valence-corrected chi connectivity index (χ1v) is 12.4. The predicted molar refractivity (Wildman–Crippen MR) is 131 cm³/mol. The van der Waals surface area contributed by atoms with E-state index in [4.69, 9.17) is 4.74 Å². The van der Waals surface area contributed by atoms with Crippen molar-refractivity contribution in [2.45, 2.75) is 45.1 Å². The number of rotatable bonds is 6. The van der Waals surface area contributed by atoms with E-state index in [1.165, 1.54) is 18.2 Å². The number of halogens is 3. The number of likely N-dealkylation sites (tertiary alicyclic amines) is 2. The molecule has 0 spiro atoms. The Morgan fingerprint density at radius 1 is 0.972 bits per heavy atom. The van der Waals surface area contributed by atoms with Crippen LogP contribution in [0.3, 0.4) is 0 Å². The van der Waals surface area contributed by atoms with Crippen molar-refractivity contribution in [3.8, 4) is 5.75 Å². The summed E-state index contributed by atoms with van der Waals surface area (Å²) in [5.41, 5.74) is 0.372. The molecule has 4 rings (SSSR count). The maximum atomic E-state index is 14.0. The van der Waals surface area contributed by atoms with Gasteiger partial charge in [-0.15, -0.1) is 0 Å². The highest BCUT2D eigenvalue weighted by Crippen LogP contribution is 2.28. The zero-order valence-electron chi connectivity index (χ0n) is 20.7. The molecule has 0 saturated carbocycles. The van der Waals surface area contributed by atoms with Crippen LogP contribution in [0.1, 0.15) is 48.0 Å². The fraction of sp³-hybridized carbons (Fsp3) is 0.481. The van der Waals surface area contributed by atoms with E-state index in [0.29, 0.717) is 38.2 Å². The number of carbonyl (C=O) groups excluding carboxylic acids is 2. The van der Waals surface area contributed by atoms with Crippen molar-refractivity contribution in [2.24, 2.45) is 0 Å². The van der Waals surface area contributed by atoms with Crippen LogP contribution in [-0.2, 0) is 4.79 Å². The zero-order chi connectivity index (χ0) is 25.8. The Kier molecular flexibility index (Phi) is 8.18. The van der Waals surface area contributed by atoms with Crippen LogP contribution in [0.2, 0.25) is 0 Å². The SMILES string of the molecule is COc1ccc(N(C(=O)CN2CCCCC2)C2CCN(C(=O)c3cc(F)c(F)c(F)c3C)CC2)cc1. The van der Waals surface area contributed by atoms with E-state index >= 15 is 0 Å². The third-order valence-corrected chi connectivity index (χ3v) is 7.18. The minimum Gasteiger partial charge on any atom is -0.497 e. The van der Waals surface area contributed by atoms with Crippen molar-refractivity contribution >= 4 is 17.5 Å². The number of hydrogen-bond acceptors (Lipinski definition) is 4. The molecule has 0 atom stereocenters. The van der Waals surface area contributed by atoms with Crippen molar-refractivity contribution in [3.63, 3.8) is 0 Å². The second-order valence-corrected chi connectivity index (χ2v) is 9.48. The van der Waals surface area contributed by atoms with Gasteiger partial charge >= 0.3 is 0 Å². The zero-order valence-corrected chi connectivity index (χ0v) is 20.7. The number of anilines is 1. The quantitative estimate of drug-likeness (QED) is 0.543. The molecule has 2 amide bonds. The molecule has 36 heavy (non-hydrogen) atoms. The summed E-state index contributed by atoms with van der Waals surface area (Å²) in [6, 6.07) is 7.97. The fourth-order valence-corrected chi connectivity index (χ4v) is 5.09. The lowest BCUT2D eigenvalue weighted by Gasteiger charge is -2.40. The van der Waals surface area contributed by atoms with Gasteiger partial charge in [-0.05, 0) is 76.0 Å². The van der Waals surface area contributed by atoms with Crippen LogP contribution < -0.4 is 9.64 Å². The number of amides is 2. The number of methoxy groups -OCH3 is 1. The van der Waals surface area contributed by atoms with Gasteiger partial charge in [-0.3, -0.25) is 14.5 Å². The molecule has 0 bridgehead atoms. The maximum Gasteiger partial charge on any atom is 0.254 e. The summed E-state index contributed by atoms with van der Waals surface area (Å²) in [5, 5.41) is 0. The molecule has 2 aliphatic rings. The number of benzene rings is 2. The monoisotopic (exact) mass is 503 g/mol. The van der Waals surface area contributed by atoms with Crippen LogP contribution in [0.15, 0.2) is 30.3 Å². The van der Waals surface area contributed by atoms with Gasteiger partial charge in [0.2, 0.25) is 5.91 Å². The topological polar surface area (TPSA) is 53.1 Å². The number of carbonyl (C=O) groups is 2. The lowest BCUT2D eigenvalue weighted by molar-refractivity contribution is -0.120. The highest BCUT2D eigenvalue weighted by Gasteiger charge is 2.33. The van der Waals surface area contributed by atoms with Crippen molar-refractivity contribution < 1.29 is 27.5 Å². The molecule has 2 aromatic carbocycles. The lowest BCUT2D eigenvalue weighted by Crippen LogP contribution is -2.52. The average molecular weight is 504 g/mol. The Balaban J connectivity index is 1.50. The molecule has 6 nitrogen and oxygen atoms in total. The van der Waals surface area contributed by atoms with Crippen LogP contribution in [0.25, 0.3) is 0 Å². The van der Waals surface area contributed by atoms with Gasteiger partial charge in [-0.25, -0.2) is 13.2 Å². The highest BCUT2D eigenvalue weighted by molar-refractivity contribution is 5.97. The Morgan fingerprint density at radius 2 is 1.61 bits per heavy atom. The van der Waals surface area contributed by atoms with E-state index in [-0.39, 0.29) is 23.1 Å². The fourth-order valence-electron chi connectivity index (χ4n) is 5.09. The maximum absolute atomic E-state index is 14.0. The van der Waals surface area contributed by atoms with Gasteiger partial charge < -0.3 is 14.5 Å². The molecule has 0 aromatic heterocycles. The molecule has 2 fully saturated rings. The van der Waals surface area contributed by atoms with Crippen LogP contribution in [0.5, 0.6) is 5.75 Å². The number of hydrogen-bond donors (Lipinski definition) is 0. The Bertz CT molecular complexity index is 1100. The molecular weight excluding hydrogens is 471 g/mol. The van der Waals surface area contributed by atoms with Crippen LogP contribution >= 0.6 is 0 Å². The molecule has 9 heteroatoms. The summed E-state index contributed by atoms with van der Waals surface area (Å²) in [6.45, 7) is 4.03. The standard InChI is InChI=1S/C27H32F3N3O3/c1-18-22(16-23(28)26(30)25(18)29)27(35)32-14-10-20(11-15-32)33(19-6-8-21(36-2)9-7-19)24(34)17-31-12-4-3-5-13-31/h6-9,16,20H,3-5,10-15,17H2,1-2H3. The summed E-state index contributed by atoms with van der Waals surface area (Å²) in [5.74, 6) is -4.15. The predicted octanol–water partition coefficient (Wildman–Crippen LogP) is 4.54. The molecule has 194 valence electrons. The van der Waals surface area contributed by atoms with Crippen molar-refractivity contribution in [1.82, 2.24) is 9.80 Å². The normalized spacial score (nSPS) is 17.2. The van der Waals surface area contributed by atoms with E-state index in [1.54, 1.807) is 7.11 Å². The minimum atomic E-state index is -1.58. The van der Waals surface area contributed by atoms with Crippen LogP contribution in [0.4, 0.5) is 18.9 Å². The van der Waals surface area contributed by atoms with Gasteiger partial charge in [0.25, 0.3) is 5.91 Å². The van der Waals surface area contributed by atoms with E-state index in [2.05, 4.69) is 4.90 Å². The molecule has 2 saturated heterocycles. The summed E-state index contributed by atoms with van der Waals surface area (Å²) >= 11 is 0. The number of ether oxygens (including phenoxy) is 1. The third kappa shape index (κ3) is 5.51. The van der Waals surface area contributed by atoms with Gasteiger partial charge in [0, 0.05) is 35.9 Å². The van der Waals surface area contributed by atoms with Crippen LogP contribution in [-0.4, -0.2) is 67.5 Å². The largest absolute Gasteiger partial charge is 0.497 e. The number of nitrogens with zero attached hydrogens (tertiary/aromatic N) is 3. The average Bonchev–Trinajstić information content (AvgIpc) is 2.90. The second-order valence-electron chi connectivity index (χ2n) is 9.48. The molecule has 0 unspecified atom stereocenters. The number of piperidine rings is 2. The summed E-state index contributed by atoms with van der Waals surface area (Å²) < 4.78 is 46.6. The lowest BCUT2D eigenvalue weighted by atomic mass is 9.99.